The van der Waals surface area contributed by atoms with Crippen molar-refractivity contribution in [2.75, 3.05) is 12.4 Å². The first kappa shape index (κ1) is 15.2. The van der Waals surface area contributed by atoms with Crippen LogP contribution >= 0.6 is 15.9 Å². The predicted octanol–water partition coefficient (Wildman–Crippen LogP) is 4.16. The number of carbonyl (C=O) groups excluding carboxylic acids is 1. The molecular weight excluding hydrogens is 320 g/mol. The van der Waals surface area contributed by atoms with Gasteiger partial charge in [0.1, 0.15) is 5.75 Å². The molecule has 0 saturated heterocycles. The number of amides is 2. The zero-order chi connectivity index (χ0) is 14.5. The molecule has 0 heterocycles. The molecule has 1 aliphatic carbocycles. The van der Waals surface area contributed by atoms with E-state index in [0.717, 1.165) is 22.3 Å². The van der Waals surface area contributed by atoms with Gasteiger partial charge in [0.25, 0.3) is 0 Å². The topological polar surface area (TPSA) is 50.4 Å². The average molecular weight is 341 g/mol. The summed E-state index contributed by atoms with van der Waals surface area (Å²) in [5.41, 5.74) is 0.749. The molecule has 1 saturated carbocycles. The van der Waals surface area contributed by atoms with Gasteiger partial charge < -0.3 is 15.4 Å². The fourth-order valence-electron chi connectivity index (χ4n) is 2.61. The van der Waals surface area contributed by atoms with Crippen LogP contribution in [-0.2, 0) is 0 Å². The Bertz CT molecular complexity index is 479. The average Bonchev–Trinajstić information content (AvgIpc) is 2.41. The Hall–Kier alpha value is -1.23. The molecule has 0 radical (unpaired) electrons. The number of anilines is 1. The van der Waals surface area contributed by atoms with Crippen LogP contribution in [-0.4, -0.2) is 19.2 Å². The summed E-state index contributed by atoms with van der Waals surface area (Å²) in [6.07, 6.45) is 4.73. The molecule has 2 rings (SSSR count). The first-order valence-electron chi connectivity index (χ1n) is 7.01. The molecule has 5 heteroatoms. The molecule has 1 fully saturated rings. The number of urea groups is 1. The van der Waals surface area contributed by atoms with Crippen LogP contribution in [0.15, 0.2) is 22.7 Å². The van der Waals surface area contributed by atoms with Crippen LogP contribution in [0.5, 0.6) is 5.75 Å². The van der Waals surface area contributed by atoms with Crippen molar-refractivity contribution >= 4 is 27.6 Å². The third kappa shape index (κ3) is 3.88. The van der Waals surface area contributed by atoms with Gasteiger partial charge in [0.05, 0.1) is 11.6 Å². The van der Waals surface area contributed by atoms with Gasteiger partial charge in [-0.05, 0) is 52.9 Å². The zero-order valence-electron chi connectivity index (χ0n) is 11.9. The minimum absolute atomic E-state index is 0.138. The Morgan fingerprint density at radius 2 is 2.10 bits per heavy atom. The molecule has 2 unspecified atom stereocenters. The van der Waals surface area contributed by atoms with E-state index in [2.05, 4.69) is 33.5 Å². The highest BCUT2D eigenvalue weighted by Crippen LogP contribution is 2.28. The number of methoxy groups -OCH3 is 1. The Morgan fingerprint density at radius 1 is 1.35 bits per heavy atom. The molecule has 20 heavy (non-hydrogen) atoms. The van der Waals surface area contributed by atoms with Crippen molar-refractivity contribution in [2.24, 2.45) is 5.92 Å². The molecule has 0 spiro atoms. The van der Waals surface area contributed by atoms with Gasteiger partial charge in [-0.25, -0.2) is 4.79 Å². The van der Waals surface area contributed by atoms with Crippen LogP contribution in [0.25, 0.3) is 0 Å². The van der Waals surface area contributed by atoms with Gasteiger partial charge in [-0.3, -0.25) is 0 Å². The maximum Gasteiger partial charge on any atom is 0.319 e. The largest absolute Gasteiger partial charge is 0.496 e. The van der Waals surface area contributed by atoms with E-state index in [-0.39, 0.29) is 12.1 Å². The molecule has 0 aliphatic heterocycles. The van der Waals surface area contributed by atoms with E-state index < -0.39 is 0 Å². The second-order valence-corrected chi connectivity index (χ2v) is 6.17. The first-order chi connectivity index (χ1) is 9.60. The number of nitrogens with one attached hydrogen (secondary N) is 2. The third-order valence-corrected chi connectivity index (χ3v) is 4.46. The zero-order valence-corrected chi connectivity index (χ0v) is 13.5. The SMILES string of the molecule is COc1ccc(NC(=O)NC2CCCCC2C)cc1Br. The van der Waals surface area contributed by atoms with Crippen molar-refractivity contribution in [3.05, 3.63) is 22.7 Å². The Balaban J connectivity index is 1.92. The van der Waals surface area contributed by atoms with E-state index >= 15 is 0 Å². The fraction of sp³-hybridized carbons (Fsp3) is 0.533. The lowest BCUT2D eigenvalue weighted by Crippen LogP contribution is -2.43. The van der Waals surface area contributed by atoms with Gasteiger partial charge in [0, 0.05) is 11.7 Å². The van der Waals surface area contributed by atoms with Crippen molar-refractivity contribution in [1.29, 1.82) is 0 Å². The summed E-state index contributed by atoms with van der Waals surface area (Å²) in [5.74, 6) is 1.30. The van der Waals surface area contributed by atoms with Crippen molar-refractivity contribution in [3.63, 3.8) is 0 Å². The fourth-order valence-corrected chi connectivity index (χ4v) is 3.15. The maximum absolute atomic E-state index is 12.0. The Kier molecular flexibility index (Phi) is 5.29. The number of halogens is 1. The minimum Gasteiger partial charge on any atom is -0.496 e. The number of carbonyl (C=O) groups is 1. The Morgan fingerprint density at radius 3 is 2.75 bits per heavy atom. The van der Waals surface area contributed by atoms with Crippen molar-refractivity contribution in [3.8, 4) is 5.75 Å². The van der Waals surface area contributed by atoms with Crippen molar-refractivity contribution in [2.45, 2.75) is 38.6 Å². The summed E-state index contributed by atoms with van der Waals surface area (Å²) in [6, 6.07) is 5.63. The normalized spacial score (nSPS) is 22.1. The minimum atomic E-state index is -0.138. The van der Waals surface area contributed by atoms with Gasteiger partial charge in [-0.2, -0.15) is 0 Å². The van der Waals surface area contributed by atoms with Crippen LogP contribution in [0.4, 0.5) is 10.5 Å². The molecular formula is C15H21BrN2O2. The quantitative estimate of drug-likeness (QED) is 0.867. The summed E-state index contributed by atoms with van der Waals surface area (Å²) in [6.45, 7) is 2.20. The van der Waals surface area contributed by atoms with Gasteiger partial charge in [0.15, 0.2) is 0 Å². The van der Waals surface area contributed by atoms with Gasteiger partial charge in [0.2, 0.25) is 0 Å². The van der Waals surface area contributed by atoms with Crippen LogP contribution in [0, 0.1) is 5.92 Å². The summed E-state index contributed by atoms with van der Waals surface area (Å²) >= 11 is 3.41. The van der Waals surface area contributed by atoms with E-state index in [1.165, 1.54) is 19.3 Å². The van der Waals surface area contributed by atoms with Crippen LogP contribution in [0.3, 0.4) is 0 Å². The van der Waals surface area contributed by atoms with E-state index in [9.17, 15) is 4.79 Å². The molecule has 0 bridgehead atoms. The van der Waals surface area contributed by atoms with E-state index in [1.54, 1.807) is 7.11 Å². The highest BCUT2D eigenvalue weighted by molar-refractivity contribution is 9.10. The summed E-state index contributed by atoms with van der Waals surface area (Å²) in [5, 5.41) is 5.93. The third-order valence-electron chi connectivity index (χ3n) is 3.84. The number of hydrogen-bond donors (Lipinski definition) is 2. The summed E-state index contributed by atoms with van der Waals surface area (Å²) in [7, 11) is 1.62. The molecule has 1 aromatic carbocycles. The molecule has 2 atom stereocenters. The van der Waals surface area contributed by atoms with Crippen LogP contribution in [0.2, 0.25) is 0 Å². The molecule has 2 N–H and O–H groups in total. The summed E-state index contributed by atoms with van der Waals surface area (Å²) < 4.78 is 5.99. The van der Waals surface area contributed by atoms with Crippen molar-refractivity contribution in [1.82, 2.24) is 5.32 Å². The molecule has 1 aliphatic rings. The van der Waals surface area contributed by atoms with Gasteiger partial charge >= 0.3 is 6.03 Å². The van der Waals surface area contributed by atoms with Crippen molar-refractivity contribution < 1.29 is 9.53 Å². The lowest BCUT2D eigenvalue weighted by Gasteiger charge is -2.29. The number of benzene rings is 1. The van der Waals surface area contributed by atoms with Crippen LogP contribution < -0.4 is 15.4 Å². The standard InChI is InChI=1S/C15H21BrN2O2/c1-10-5-3-4-6-13(10)18-15(19)17-11-7-8-14(20-2)12(16)9-11/h7-10,13H,3-6H2,1-2H3,(H2,17,18,19). The molecule has 4 nitrogen and oxygen atoms in total. The monoisotopic (exact) mass is 340 g/mol. The van der Waals surface area contributed by atoms with E-state index in [1.807, 2.05) is 18.2 Å². The molecule has 110 valence electrons. The Labute approximate surface area is 128 Å². The number of hydrogen-bond acceptors (Lipinski definition) is 2. The molecule has 1 aromatic rings. The van der Waals surface area contributed by atoms with Crippen LogP contribution in [0.1, 0.15) is 32.6 Å². The molecule has 0 aromatic heterocycles. The highest BCUT2D eigenvalue weighted by atomic mass is 79.9. The van der Waals surface area contributed by atoms with E-state index in [0.29, 0.717) is 5.92 Å². The molecule has 2 amide bonds. The second-order valence-electron chi connectivity index (χ2n) is 5.32. The number of ether oxygens (including phenoxy) is 1. The van der Waals surface area contributed by atoms with E-state index in [4.69, 9.17) is 4.74 Å². The predicted molar refractivity (Wildman–Crippen MR) is 84.3 cm³/mol. The van der Waals surface area contributed by atoms with Gasteiger partial charge in [-0.1, -0.05) is 19.8 Å². The number of rotatable bonds is 3. The van der Waals surface area contributed by atoms with Gasteiger partial charge in [-0.15, -0.1) is 0 Å². The summed E-state index contributed by atoms with van der Waals surface area (Å²) in [4.78, 5) is 12.0. The lowest BCUT2D eigenvalue weighted by molar-refractivity contribution is 0.232. The maximum atomic E-state index is 12.0. The highest BCUT2D eigenvalue weighted by Gasteiger charge is 2.22. The lowest BCUT2D eigenvalue weighted by atomic mass is 9.86. The smallest absolute Gasteiger partial charge is 0.319 e. The second kappa shape index (κ2) is 6.97. The first-order valence-corrected chi connectivity index (χ1v) is 7.80.